The van der Waals surface area contributed by atoms with Crippen LogP contribution in [0, 0.1) is 12.3 Å². The van der Waals surface area contributed by atoms with E-state index in [0.717, 1.165) is 0 Å². The molecule has 0 atom stereocenters. The first-order valence-electron chi connectivity index (χ1n) is 4.53. The third-order valence-corrected chi connectivity index (χ3v) is 3.53. The summed E-state index contributed by atoms with van der Waals surface area (Å²) in [7, 11) is 3.32. The van der Waals surface area contributed by atoms with Gasteiger partial charge in [-0.3, -0.25) is 0 Å². The summed E-state index contributed by atoms with van der Waals surface area (Å²) in [5.41, 5.74) is 1.23. The second-order valence-corrected chi connectivity index (χ2v) is 8.19. The van der Waals surface area contributed by atoms with E-state index in [1.54, 1.807) is 0 Å². The first-order valence-corrected chi connectivity index (χ1v) is 7.39. The zero-order chi connectivity index (χ0) is 11.4. The fraction of sp³-hybridized carbons (Fsp3) is 0.500. The van der Waals surface area contributed by atoms with Crippen LogP contribution >= 0.6 is 10.0 Å². The Morgan fingerprint density at radius 3 is 2.00 bits per heavy atom. The molecule has 0 aliphatic heterocycles. The van der Waals surface area contributed by atoms with Crippen LogP contribution in [-0.2, 0) is 0 Å². The molecule has 0 N–H and O–H groups in total. The van der Waals surface area contributed by atoms with Crippen molar-refractivity contribution in [3.63, 3.8) is 0 Å². The van der Waals surface area contributed by atoms with Crippen molar-refractivity contribution in [1.82, 2.24) is 4.90 Å². The van der Waals surface area contributed by atoms with Gasteiger partial charge in [0.25, 0.3) is 0 Å². The van der Waals surface area contributed by atoms with Gasteiger partial charge in [-0.2, -0.15) is 0 Å². The molecule has 0 spiro atoms. The van der Waals surface area contributed by atoms with Crippen LogP contribution < -0.4 is 0 Å². The Bertz CT molecular complexity index is 284. The Kier molecular flexibility index (Phi) is 4.87. The van der Waals surface area contributed by atoms with Gasteiger partial charge in [-0.05, 0) is 25.7 Å². The van der Waals surface area contributed by atoms with Crippen LogP contribution in [-0.4, -0.2) is 37.8 Å². The molecular formula is C12H21NS. The third kappa shape index (κ3) is 3.51. The smallest absolute Gasteiger partial charge is 0.0447 e. The molecule has 1 nitrogen and oxygen atoms in total. The number of hydrogen-bond acceptors (Lipinski definition) is 1. The van der Waals surface area contributed by atoms with Crippen molar-refractivity contribution in [2.75, 3.05) is 32.9 Å². The largest absolute Gasteiger partial charge is 0.377 e. The lowest BCUT2D eigenvalue weighted by Gasteiger charge is -2.33. The predicted molar refractivity (Wildman–Crippen MR) is 69.7 cm³/mol. The minimum Gasteiger partial charge on any atom is -0.377 e. The van der Waals surface area contributed by atoms with Crippen LogP contribution in [0.2, 0.25) is 0 Å². The van der Waals surface area contributed by atoms with Crippen LogP contribution in [0.25, 0.3) is 0 Å². The minimum atomic E-state index is -0.775. The van der Waals surface area contributed by atoms with Gasteiger partial charge in [0.2, 0.25) is 0 Å². The van der Waals surface area contributed by atoms with Gasteiger partial charge in [0.15, 0.2) is 0 Å². The van der Waals surface area contributed by atoms with Gasteiger partial charge in [-0.15, -0.1) is 6.42 Å². The molecule has 0 radical (unpaired) electrons. The van der Waals surface area contributed by atoms with Gasteiger partial charge in [0, 0.05) is 30.8 Å². The van der Waals surface area contributed by atoms with Gasteiger partial charge < -0.3 is 4.90 Å². The van der Waals surface area contributed by atoms with Crippen molar-refractivity contribution in [2.24, 2.45) is 0 Å². The highest BCUT2D eigenvalue weighted by molar-refractivity contribution is 8.35. The SMILES string of the molecule is C#C/C=C(\C(=C/C)N(C)C)S(C)(C)C. The maximum Gasteiger partial charge on any atom is 0.0447 e. The van der Waals surface area contributed by atoms with Crippen molar-refractivity contribution in [2.45, 2.75) is 6.92 Å². The summed E-state index contributed by atoms with van der Waals surface area (Å²) in [6, 6.07) is 0. The molecule has 0 saturated carbocycles. The molecule has 0 saturated heterocycles. The summed E-state index contributed by atoms with van der Waals surface area (Å²) in [6.07, 6.45) is 16.1. The highest BCUT2D eigenvalue weighted by atomic mass is 32.3. The van der Waals surface area contributed by atoms with E-state index >= 15 is 0 Å². The predicted octanol–water partition coefficient (Wildman–Crippen LogP) is 2.66. The summed E-state index contributed by atoms with van der Waals surface area (Å²) in [5.74, 6) is 2.64. The van der Waals surface area contributed by atoms with Gasteiger partial charge >= 0.3 is 0 Å². The van der Waals surface area contributed by atoms with Crippen molar-refractivity contribution < 1.29 is 0 Å². The average Bonchev–Trinajstić information content (AvgIpc) is 2.02. The van der Waals surface area contributed by atoms with Gasteiger partial charge in [-0.25, -0.2) is 10.0 Å². The van der Waals surface area contributed by atoms with Crippen LogP contribution in [0.15, 0.2) is 22.8 Å². The van der Waals surface area contributed by atoms with Gasteiger partial charge in [0.1, 0.15) is 0 Å². The molecular weight excluding hydrogens is 190 g/mol. The standard InChI is InChI=1S/C12H21NS/c1-8-10-12(14(5,6)7)11(9-2)13(3)4/h1,9-10H,2-7H3/b11-9+,12-10+. The molecule has 80 valence electrons. The van der Waals surface area contributed by atoms with Crippen LogP contribution in [0.5, 0.6) is 0 Å². The first-order chi connectivity index (χ1) is 6.34. The highest BCUT2D eigenvalue weighted by Gasteiger charge is 2.16. The van der Waals surface area contributed by atoms with E-state index in [0.29, 0.717) is 0 Å². The maximum absolute atomic E-state index is 5.36. The number of terminal acetylenes is 1. The number of likely N-dealkylation sites (N-methyl/N-ethyl adjacent to an activating group) is 1. The van der Waals surface area contributed by atoms with Crippen molar-refractivity contribution >= 4 is 10.0 Å². The molecule has 0 aliphatic carbocycles. The van der Waals surface area contributed by atoms with Gasteiger partial charge in [-0.1, -0.05) is 12.0 Å². The highest BCUT2D eigenvalue weighted by Crippen LogP contribution is 2.48. The molecule has 14 heavy (non-hydrogen) atoms. The number of hydrogen-bond donors (Lipinski definition) is 0. The summed E-state index contributed by atoms with van der Waals surface area (Å²) < 4.78 is 0. The maximum atomic E-state index is 5.36. The summed E-state index contributed by atoms with van der Waals surface area (Å²) >= 11 is 0. The molecule has 0 rings (SSSR count). The lowest BCUT2D eigenvalue weighted by molar-refractivity contribution is 0.526. The van der Waals surface area contributed by atoms with Crippen LogP contribution in [0.4, 0.5) is 0 Å². The normalized spacial score (nSPS) is 14.9. The summed E-state index contributed by atoms with van der Waals surface area (Å²) in [6.45, 7) is 2.05. The molecule has 2 heteroatoms. The molecule has 0 aromatic heterocycles. The summed E-state index contributed by atoms with van der Waals surface area (Å²) in [4.78, 5) is 3.40. The van der Waals surface area contributed by atoms with Crippen molar-refractivity contribution in [1.29, 1.82) is 0 Å². The van der Waals surface area contributed by atoms with Crippen molar-refractivity contribution in [3.8, 4) is 12.3 Å². The fourth-order valence-corrected chi connectivity index (χ4v) is 2.61. The molecule has 0 aromatic carbocycles. The Labute approximate surface area is 90.2 Å². The van der Waals surface area contributed by atoms with E-state index < -0.39 is 10.0 Å². The Balaban J connectivity index is 5.27. The van der Waals surface area contributed by atoms with Crippen molar-refractivity contribution in [3.05, 3.63) is 22.8 Å². The minimum absolute atomic E-state index is 0.775. The van der Waals surface area contributed by atoms with Crippen LogP contribution in [0.3, 0.4) is 0 Å². The first kappa shape index (κ1) is 13.2. The molecule has 0 unspecified atom stereocenters. The molecule has 0 heterocycles. The van der Waals surface area contributed by atoms with E-state index in [1.165, 1.54) is 10.6 Å². The number of allylic oxidation sites excluding steroid dienone is 2. The average molecular weight is 211 g/mol. The topological polar surface area (TPSA) is 3.24 Å². The molecule has 0 amide bonds. The van der Waals surface area contributed by atoms with Crippen LogP contribution in [0.1, 0.15) is 6.92 Å². The van der Waals surface area contributed by atoms with E-state index in [9.17, 15) is 0 Å². The molecule has 0 bridgehead atoms. The van der Waals surface area contributed by atoms with E-state index in [2.05, 4.69) is 35.7 Å². The van der Waals surface area contributed by atoms with E-state index in [4.69, 9.17) is 6.42 Å². The summed E-state index contributed by atoms with van der Waals surface area (Å²) in [5, 5.41) is 0. The fourth-order valence-electron chi connectivity index (χ4n) is 1.26. The number of nitrogens with zero attached hydrogens (tertiary/aromatic N) is 1. The second kappa shape index (κ2) is 5.17. The Morgan fingerprint density at radius 2 is 1.79 bits per heavy atom. The number of rotatable bonds is 3. The van der Waals surface area contributed by atoms with E-state index in [1.807, 2.05) is 27.1 Å². The van der Waals surface area contributed by atoms with Gasteiger partial charge in [0.05, 0.1) is 0 Å². The molecule has 0 fully saturated rings. The zero-order valence-corrected chi connectivity index (χ0v) is 10.9. The Hall–Kier alpha value is -0.810. The molecule has 0 aliphatic rings. The second-order valence-electron chi connectivity index (χ2n) is 4.08. The third-order valence-electron chi connectivity index (χ3n) is 1.88. The lowest BCUT2D eigenvalue weighted by Crippen LogP contribution is -2.15. The zero-order valence-electron chi connectivity index (χ0n) is 10.1. The van der Waals surface area contributed by atoms with E-state index in [-0.39, 0.29) is 0 Å². The molecule has 0 aromatic rings. The Morgan fingerprint density at radius 1 is 1.29 bits per heavy atom. The monoisotopic (exact) mass is 211 g/mol. The lowest BCUT2D eigenvalue weighted by atomic mass is 10.3. The quantitative estimate of drug-likeness (QED) is 0.512.